The first-order valence-corrected chi connectivity index (χ1v) is 9.04. The molecule has 1 aromatic carbocycles. The summed E-state index contributed by atoms with van der Waals surface area (Å²) in [6, 6.07) is 4.32. The Hall–Kier alpha value is -2.51. The number of H-pyrrole nitrogens is 1. The summed E-state index contributed by atoms with van der Waals surface area (Å²) in [5.41, 5.74) is 1.58. The van der Waals surface area contributed by atoms with Crippen molar-refractivity contribution in [3.63, 3.8) is 0 Å². The first-order valence-electron chi connectivity index (χ1n) is 9.04. The van der Waals surface area contributed by atoms with Crippen molar-refractivity contribution in [1.82, 2.24) is 15.1 Å². The zero-order chi connectivity index (χ0) is 19.6. The third-order valence-corrected chi connectivity index (χ3v) is 5.01. The van der Waals surface area contributed by atoms with E-state index < -0.39 is 17.8 Å². The molecule has 3 rings (SSSR count). The fourth-order valence-electron chi connectivity index (χ4n) is 3.73. The van der Waals surface area contributed by atoms with Gasteiger partial charge in [0, 0.05) is 17.8 Å². The number of hydrogen-bond donors (Lipinski definition) is 2. The van der Waals surface area contributed by atoms with Gasteiger partial charge < -0.3 is 10.2 Å². The number of nitrogens with one attached hydrogen (secondary N) is 2. The fraction of sp³-hybridized carbons (Fsp3) is 0.474. The lowest BCUT2D eigenvalue weighted by Crippen LogP contribution is -2.38. The summed E-state index contributed by atoms with van der Waals surface area (Å²) in [6.45, 7) is 4.27. The molecule has 2 heterocycles. The van der Waals surface area contributed by atoms with Gasteiger partial charge in [-0.1, -0.05) is 25.0 Å². The minimum absolute atomic E-state index is 0.204. The molecule has 27 heavy (non-hydrogen) atoms. The van der Waals surface area contributed by atoms with Gasteiger partial charge in [-0.3, -0.25) is 5.10 Å². The molecule has 1 saturated heterocycles. The van der Waals surface area contributed by atoms with E-state index in [0.29, 0.717) is 6.54 Å². The van der Waals surface area contributed by atoms with Gasteiger partial charge in [0.2, 0.25) is 0 Å². The first kappa shape index (κ1) is 19.3. The van der Waals surface area contributed by atoms with Gasteiger partial charge in [-0.2, -0.15) is 18.3 Å². The highest BCUT2D eigenvalue weighted by molar-refractivity contribution is 5.90. The van der Waals surface area contributed by atoms with Gasteiger partial charge in [0.05, 0.1) is 23.0 Å². The van der Waals surface area contributed by atoms with E-state index in [1.807, 2.05) is 13.8 Å². The van der Waals surface area contributed by atoms with E-state index in [0.717, 1.165) is 48.7 Å². The van der Waals surface area contributed by atoms with Crippen LogP contribution >= 0.6 is 0 Å². The second kappa shape index (κ2) is 7.62. The highest BCUT2D eigenvalue weighted by Crippen LogP contribution is 2.36. The van der Waals surface area contributed by atoms with E-state index >= 15 is 0 Å². The number of para-hydroxylation sites is 1. The molecule has 5 nitrogen and oxygen atoms in total. The van der Waals surface area contributed by atoms with Crippen LogP contribution in [-0.4, -0.2) is 27.7 Å². The zero-order valence-corrected chi connectivity index (χ0v) is 15.4. The smallest absolute Gasteiger partial charge is 0.317 e. The molecule has 1 aliphatic rings. The minimum atomic E-state index is -4.53. The Balaban J connectivity index is 1.90. The summed E-state index contributed by atoms with van der Waals surface area (Å²) in [5, 5.41) is 9.63. The molecule has 1 fully saturated rings. The summed E-state index contributed by atoms with van der Waals surface area (Å²) in [7, 11) is 0. The van der Waals surface area contributed by atoms with E-state index in [1.165, 1.54) is 18.2 Å². The number of amides is 2. The SMILES string of the molecule is Cc1n[nH]c(C)c1[C@H]1CCCCCN1C(=O)Nc1ccccc1C(F)(F)F. The lowest BCUT2D eigenvalue weighted by molar-refractivity contribution is -0.136. The zero-order valence-electron chi connectivity index (χ0n) is 15.4. The van der Waals surface area contributed by atoms with Crippen LogP contribution in [0.5, 0.6) is 0 Å². The van der Waals surface area contributed by atoms with Crippen LogP contribution in [-0.2, 0) is 6.18 Å². The quantitative estimate of drug-likeness (QED) is 0.753. The molecular formula is C19H23F3N4O. The van der Waals surface area contributed by atoms with Crippen molar-refractivity contribution in [2.75, 3.05) is 11.9 Å². The standard InChI is InChI=1S/C19H23F3N4O/c1-12-17(13(2)25-24-12)16-10-4-3-7-11-26(16)18(27)23-15-9-6-5-8-14(15)19(20,21)22/h5-6,8-9,16H,3-4,7,10-11H2,1-2H3,(H,23,27)(H,24,25)/t16-/m1/s1. The maximum atomic E-state index is 13.2. The van der Waals surface area contributed by atoms with Crippen molar-refractivity contribution >= 4 is 11.7 Å². The highest BCUT2D eigenvalue weighted by Gasteiger charge is 2.35. The average Bonchev–Trinajstić information content (AvgIpc) is 2.81. The number of aromatic nitrogens is 2. The molecule has 2 amide bonds. The Labute approximate surface area is 155 Å². The Bertz CT molecular complexity index is 796. The molecule has 0 bridgehead atoms. The molecule has 1 aliphatic heterocycles. The molecular weight excluding hydrogens is 357 g/mol. The maximum Gasteiger partial charge on any atom is 0.418 e. The van der Waals surface area contributed by atoms with Gasteiger partial charge in [0.15, 0.2) is 0 Å². The van der Waals surface area contributed by atoms with Crippen molar-refractivity contribution in [2.45, 2.75) is 51.7 Å². The number of halogens is 3. The number of carbonyl (C=O) groups excluding carboxylic acids is 1. The van der Waals surface area contributed by atoms with Crippen LogP contribution in [0.25, 0.3) is 0 Å². The van der Waals surface area contributed by atoms with Crippen molar-refractivity contribution in [3.8, 4) is 0 Å². The van der Waals surface area contributed by atoms with Gasteiger partial charge >= 0.3 is 12.2 Å². The number of alkyl halides is 3. The van der Waals surface area contributed by atoms with Crippen LogP contribution in [0.3, 0.4) is 0 Å². The number of aromatic amines is 1. The van der Waals surface area contributed by atoms with Gasteiger partial charge in [-0.15, -0.1) is 0 Å². The Kier molecular flexibility index (Phi) is 5.43. The van der Waals surface area contributed by atoms with E-state index in [1.54, 1.807) is 4.90 Å². The van der Waals surface area contributed by atoms with Gasteiger partial charge in [0.1, 0.15) is 0 Å². The first-order chi connectivity index (χ1) is 12.8. The van der Waals surface area contributed by atoms with Crippen LogP contribution in [0.15, 0.2) is 24.3 Å². The highest BCUT2D eigenvalue weighted by atomic mass is 19.4. The van der Waals surface area contributed by atoms with Crippen LogP contribution in [0.4, 0.5) is 23.7 Å². The van der Waals surface area contributed by atoms with Crippen LogP contribution in [0, 0.1) is 13.8 Å². The molecule has 1 aromatic heterocycles. The number of carbonyl (C=O) groups is 1. The summed E-state index contributed by atoms with van der Waals surface area (Å²) >= 11 is 0. The van der Waals surface area contributed by atoms with Crippen LogP contribution in [0.1, 0.15) is 54.2 Å². The van der Waals surface area contributed by atoms with E-state index in [4.69, 9.17) is 0 Å². The molecule has 0 radical (unpaired) electrons. The Morgan fingerprint density at radius 3 is 2.63 bits per heavy atom. The molecule has 2 aromatic rings. The topological polar surface area (TPSA) is 61.0 Å². The summed E-state index contributed by atoms with van der Waals surface area (Å²) in [5.74, 6) is 0. The Morgan fingerprint density at radius 1 is 1.22 bits per heavy atom. The van der Waals surface area contributed by atoms with Crippen LogP contribution < -0.4 is 5.32 Å². The molecule has 0 saturated carbocycles. The monoisotopic (exact) mass is 380 g/mol. The number of benzene rings is 1. The molecule has 2 N–H and O–H groups in total. The number of aryl methyl sites for hydroxylation is 2. The molecule has 8 heteroatoms. The third-order valence-electron chi connectivity index (χ3n) is 5.01. The second-order valence-corrected chi connectivity index (χ2v) is 6.88. The predicted octanol–water partition coefficient (Wildman–Crippen LogP) is 5.19. The predicted molar refractivity (Wildman–Crippen MR) is 96.4 cm³/mol. The Morgan fingerprint density at radius 2 is 1.96 bits per heavy atom. The summed E-state index contributed by atoms with van der Waals surface area (Å²) < 4.78 is 39.7. The average molecular weight is 380 g/mol. The van der Waals surface area contributed by atoms with Crippen molar-refractivity contribution in [1.29, 1.82) is 0 Å². The molecule has 1 atom stereocenters. The van der Waals surface area contributed by atoms with Gasteiger partial charge in [-0.25, -0.2) is 4.79 Å². The third kappa shape index (κ3) is 4.09. The number of likely N-dealkylation sites (tertiary alicyclic amines) is 1. The lowest BCUT2D eigenvalue weighted by atomic mass is 9.99. The second-order valence-electron chi connectivity index (χ2n) is 6.88. The van der Waals surface area contributed by atoms with Crippen molar-refractivity contribution in [3.05, 3.63) is 46.8 Å². The lowest BCUT2D eigenvalue weighted by Gasteiger charge is -2.31. The fourth-order valence-corrected chi connectivity index (χ4v) is 3.73. The van der Waals surface area contributed by atoms with E-state index in [9.17, 15) is 18.0 Å². The molecule has 0 unspecified atom stereocenters. The van der Waals surface area contributed by atoms with Gasteiger partial charge in [0.25, 0.3) is 0 Å². The number of hydrogen-bond acceptors (Lipinski definition) is 2. The summed E-state index contributed by atoms with van der Waals surface area (Å²) in [4.78, 5) is 14.6. The van der Waals surface area contributed by atoms with E-state index in [-0.39, 0.29) is 11.7 Å². The maximum absolute atomic E-state index is 13.2. The number of urea groups is 1. The minimum Gasteiger partial charge on any atom is -0.317 e. The largest absolute Gasteiger partial charge is 0.418 e. The molecule has 0 aliphatic carbocycles. The van der Waals surface area contributed by atoms with Gasteiger partial charge in [-0.05, 0) is 38.8 Å². The van der Waals surface area contributed by atoms with Crippen molar-refractivity contribution < 1.29 is 18.0 Å². The molecule has 146 valence electrons. The van der Waals surface area contributed by atoms with Crippen LogP contribution in [0.2, 0.25) is 0 Å². The number of rotatable bonds is 2. The molecule has 0 spiro atoms. The number of nitrogens with zero attached hydrogens (tertiary/aromatic N) is 2. The normalized spacial score (nSPS) is 18.3. The van der Waals surface area contributed by atoms with Crippen molar-refractivity contribution in [2.24, 2.45) is 0 Å². The van der Waals surface area contributed by atoms with E-state index in [2.05, 4.69) is 15.5 Å². The summed E-state index contributed by atoms with van der Waals surface area (Å²) in [6.07, 6.45) is -1.01. The number of anilines is 1.